The van der Waals surface area contributed by atoms with Gasteiger partial charge in [0.15, 0.2) is 0 Å². The van der Waals surface area contributed by atoms with E-state index in [0.29, 0.717) is 6.04 Å². The zero-order valence-corrected chi connectivity index (χ0v) is 12.8. The fraction of sp³-hybridized carbons (Fsp3) is 1.00. The summed E-state index contributed by atoms with van der Waals surface area (Å²) in [4.78, 5) is 7.46. The standard InChI is InChI=1S/C14H32N4/c1-5-17(6-2)13-14(3)15-7-8-18-11-9-16(4)10-12-18/h14-15H,5-13H2,1-4H3. The summed E-state index contributed by atoms with van der Waals surface area (Å²) in [6.45, 7) is 17.4. The molecule has 0 aromatic heterocycles. The summed E-state index contributed by atoms with van der Waals surface area (Å²) in [6.07, 6.45) is 0. The molecular weight excluding hydrogens is 224 g/mol. The molecular formula is C14H32N4. The van der Waals surface area contributed by atoms with Crippen LogP contribution in [0.25, 0.3) is 0 Å². The Morgan fingerprint density at radius 2 is 1.72 bits per heavy atom. The highest BCUT2D eigenvalue weighted by Gasteiger charge is 2.13. The highest BCUT2D eigenvalue weighted by Crippen LogP contribution is 1.98. The molecule has 1 fully saturated rings. The molecule has 1 N–H and O–H groups in total. The van der Waals surface area contributed by atoms with E-state index in [9.17, 15) is 0 Å². The van der Waals surface area contributed by atoms with Gasteiger partial charge in [-0.1, -0.05) is 13.8 Å². The van der Waals surface area contributed by atoms with Crippen molar-refractivity contribution in [2.45, 2.75) is 26.8 Å². The molecule has 0 aromatic carbocycles. The molecule has 1 heterocycles. The summed E-state index contributed by atoms with van der Waals surface area (Å²) in [5.41, 5.74) is 0. The van der Waals surface area contributed by atoms with Crippen LogP contribution >= 0.6 is 0 Å². The van der Waals surface area contributed by atoms with Crippen molar-refractivity contribution in [2.75, 3.05) is 66.0 Å². The molecule has 0 spiro atoms. The van der Waals surface area contributed by atoms with Gasteiger partial charge in [-0.15, -0.1) is 0 Å². The molecule has 0 amide bonds. The summed E-state index contributed by atoms with van der Waals surface area (Å²) in [5.74, 6) is 0. The van der Waals surface area contributed by atoms with Crippen LogP contribution in [0.15, 0.2) is 0 Å². The van der Waals surface area contributed by atoms with Gasteiger partial charge in [-0.2, -0.15) is 0 Å². The second-order valence-electron chi connectivity index (χ2n) is 5.49. The Bertz CT molecular complexity index is 198. The predicted octanol–water partition coefficient (Wildman–Crippen LogP) is 0.554. The molecule has 1 unspecified atom stereocenters. The highest BCUT2D eigenvalue weighted by molar-refractivity contribution is 4.72. The van der Waals surface area contributed by atoms with Crippen LogP contribution in [-0.4, -0.2) is 86.7 Å². The van der Waals surface area contributed by atoms with E-state index in [1.807, 2.05) is 0 Å². The molecule has 1 saturated heterocycles. The Morgan fingerprint density at radius 3 is 2.28 bits per heavy atom. The van der Waals surface area contributed by atoms with E-state index in [4.69, 9.17) is 0 Å². The van der Waals surface area contributed by atoms with Crippen LogP contribution in [0.5, 0.6) is 0 Å². The van der Waals surface area contributed by atoms with Gasteiger partial charge in [-0.05, 0) is 27.1 Å². The van der Waals surface area contributed by atoms with Crippen molar-refractivity contribution in [1.29, 1.82) is 0 Å². The maximum atomic E-state index is 3.64. The smallest absolute Gasteiger partial charge is 0.0167 e. The van der Waals surface area contributed by atoms with E-state index < -0.39 is 0 Å². The fourth-order valence-corrected chi connectivity index (χ4v) is 2.47. The van der Waals surface area contributed by atoms with Gasteiger partial charge in [0.1, 0.15) is 0 Å². The predicted molar refractivity (Wildman–Crippen MR) is 79.2 cm³/mol. The van der Waals surface area contributed by atoms with Crippen molar-refractivity contribution in [3.8, 4) is 0 Å². The molecule has 0 aliphatic carbocycles. The lowest BCUT2D eigenvalue weighted by Crippen LogP contribution is -2.48. The van der Waals surface area contributed by atoms with Gasteiger partial charge in [0.05, 0.1) is 0 Å². The lowest BCUT2D eigenvalue weighted by Gasteiger charge is -2.32. The summed E-state index contributed by atoms with van der Waals surface area (Å²) in [7, 11) is 2.21. The third-order valence-electron chi connectivity index (χ3n) is 3.94. The van der Waals surface area contributed by atoms with Gasteiger partial charge < -0.3 is 15.1 Å². The van der Waals surface area contributed by atoms with Crippen LogP contribution in [0.2, 0.25) is 0 Å². The lowest BCUT2D eigenvalue weighted by atomic mass is 10.3. The quantitative estimate of drug-likeness (QED) is 0.685. The average molecular weight is 256 g/mol. The van der Waals surface area contributed by atoms with Crippen molar-refractivity contribution in [3.05, 3.63) is 0 Å². The maximum absolute atomic E-state index is 3.64. The van der Waals surface area contributed by atoms with E-state index in [-0.39, 0.29) is 0 Å². The van der Waals surface area contributed by atoms with Gasteiger partial charge >= 0.3 is 0 Å². The Morgan fingerprint density at radius 1 is 1.11 bits per heavy atom. The highest BCUT2D eigenvalue weighted by atomic mass is 15.2. The molecule has 18 heavy (non-hydrogen) atoms. The van der Waals surface area contributed by atoms with Gasteiger partial charge in [0.25, 0.3) is 0 Å². The van der Waals surface area contributed by atoms with E-state index in [1.54, 1.807) is 0 Å². The van der Waals surface area contributed by atoms with Crippen LogP contribution in [0.3, 0.4) is 0 Å². The Hall–Kier alpha value is -0.160. The maximum Gasteiger partial charge on any atom is 0.0167 e. The third kappa shape index (κ3) is 6.14. The number of rotatable bonds is 8. The average Bonchev–Trinajstić information content (AvgIpc) is 2.38. The normalized spacial score (nSPS) is 20.5. The van der Waals surface area contributed by atoms with Crippen molar-refractivity contribution >= 4 is 0 Å². The number of hydrogen-bond acceptors (Lipinski definition) is 4. The zero-order valence-electron chi connectivity index (χ0n) is 12.8. The van der Waals surface area contributed by atoms with Crippen LogP contribution in [0.1, 0.15) is 20.8 Å². The number of piperazine rings is 1. The lowest BCUT2D eigenvalue weighted by molar-refractivity contribution is 0.152. The van der Waals surface area contributed by atoms with Crippen LogP contribution in [-0.2, 0) is 0 Å². The molecule has 1 aliphatic heterocycles. The van der Waals surface area contributed by atoms with Crippen molar-refractivity contribution in [2.24, 2.45) is 0 Å². The van der Waals surface area contributed by atoms with Gasteiger partial charge in [0.2, 0.25) is 0 Å². The van der Waals surface area contributed by atoms with Gasteiger partial charge in [-0.25, -0.2) is 0 Å². The first-order valence-electron chi connectivity index (χ1n) is 7.52. The van der Waals surface area contributed by atoms with E-state index in [2.05, 4.69) is 47.8 Å². The molecule has 0 radical (unpaired) electrons. The molecule has 1 atom stereocenters. The number of likely N-dealkylation sites (N-methyl/N-ethyl adjacent to an activating group) is 2. The summed E-state index contributed by atoms with van der Waals surface area (Å²) >= 11 is 0. The molecule has 1 aliphatic rings. The van der Waals surface area contributed by atoms with Crippen molar-refractivity contribution in [3.63, 3.8) is 0 Å². The summed E-state index contributed by atoms with van der Waals surface area (Å²) in [5, 5.41) is 3.64. The monoisotopic (exact) mass is 256 g/mol. The topological polar surface area (TPSA) is 21.8 Å². The number of nitrogens with zero attached hydrogens (tertiary/aromatic N) is 3. The Kier molecular flexibility index (Phi) is 7.82. The summed E-state index contributed by atoms with van der Waals surface area (Å²) < 4.78 is 0. The minimum absolute atomic E-state index is 0.595. The minimum Gasteiger partial charge on any atom is -0.312 e. The van der Waals surface area contributed by atoms with Crippen LogP contribution in [0.4, 0.5) is 0 Å². The van der Waals surface area contributed by atoms with Crippen LogP contribution in [0, 0.1) is 0 Å². The molecule has 0 aromatic rings. The Balaban J connectivity index is 2.06. The Labute approximate surface area is 113 Å². The minimum atomic E-state index is 0.595. The molecule has 0 saturated carbocycles. The third-order valence-corrected chi connectivity index (χ3v) is 3.94. The fourth-order valence-electron chi connectivity index (χ4n) is 2.47. The van der Waals surface area contributed by atoms with Crippen LogP contribution < -0.4 is 5.32 Å². The molecule has 1 rings (SSSR count). The molecule has 0 bridgehead atoms. The molecule has 4 heteroatoms. The van der Waals surface area contributed by atoms with E-state index >= 15 is 0 Å². The summed E-state index contributed by atoms with van der Waals surface area (Å²) in [6, 6.07) is 0.595. The molecule has 4 nitrogen and oxygen atoms in total. The number of nitrogens with one attached hydrogen (secondary N) is 1. The zero-order chi connectivity index (χ0) is 13.4. The van der Waals surface area contributed by atoms with E-state index in [0.717, 1.165) is 26.2 Å². The second-order valence-corrected chi connectivity index (χ2v) is 5.49. The van der Waals surface area contributed by atoms with Crippen molar-refractivity contribution in [1.82, 2.24) is 20.0 Å². The number of hydrogen-bond donors (Lipinski definition) is 1. The largest absolute Gasteiger partial charge is 0.312 e. The van der Waals surface area contributed by atoms with Crippen molar-refractivity contribution < 1.29 is 0 Å². The molecule has 108 valence electrons. The first-order valence-corrected chi connectivity index (χ1v) is 7.52. The second kappa shape index (κ2) is 8.86. The first kappa shape index (κ1) is 15.9. The van der Waals surface area contributed by atoms with Gasteiger partial charge in [0, 0.05) is 51.9 Å². The van der Waals surface area contributed by atoms with E-state index in [1.165, 1.54) is 32.7 Å². The first-order chi connectivity index (χ1) is 8.65. The SMILES string of the molecule is CCN(CC)CC(C)NCCN1CCN(C)CC1. The van der Waals surface area contributed by atoms with Gasteiger partial charge in [-0.3, -0.25) is 4.90 Å².